The molecule has 1 aromatic rings. The van der Waals surface area contributed by atoms with E-state index in [4.69, 9.17) is 9.47 Å². The maximum absolute atomic E-state index is 12.6. The minimum absolute atomic E-state index is 0.0950. The van der Waals surface area contributed by atoms with Crippen LogP contribution in [-0.4, -0.2) is 32.3 Å². The molecule has 1 aromatic carbocycles. The van der Waals surface area contributed by atoms with E-state index >= 15 is 0 Å². The van der Waals surface area contributed by atoms with E-state index in [2.05, 4.69) is 5.32 Å². The lowest BCUT2D eigenvalue weighted by molar-refractivity contribution is -0.123. The second-order valence-electron chi connectivity index (χ2n) is 6.77. The number of amides is 1. The Balaban J connectivity index is 1.57. The van der Waals surface area contributed by atoms with Crippen molar-refractivity contribution < 1.29 is 14.3 Å². The summed E-state index contributed by atoms with van der Waals surface area (Å²) in [6.45, 7) is 4.80. The molecular weight excluding hydrogens is 290 g/mol. The summed E-state index contributed by atoms with van der Waals surface area (Å²) in [5.41, 5.74) is 1.24. The van der Waals surface area contributed by atoms with Crippen molar-refractivity contribution in [2.75, 3.05) is 26.4 Å². The second kappa shape index (κ2) is 7.35. The maximum atomic E-state index is 12.6. The van der Waals surface area contributed by atoms with Gasteiger partial charge in [0.25, 0.3) is 0 Å². The van der Waals surface area contributed by atoms with Crippen LogP contribution in [0.2, 0.25) is 0 Å². The number of carbonyl (C=O) groups is 1. The highest BCUT2D eigenvalue weighted by Crippen LogP contribution is 2.41. The van der Waals surface area contributed by atoms with Gasteiger partial charge in [-0.3, -0.25) is 4.79 Å². The van der Waals surface area contributed by atoms with Crippen molar-refractivity contribution in [1.29, 1.82) is 0 Å². The second-order valence-corrected chi connectivity index (χ2v) is 6.77. The molecule has 2 aliphatic rings. The predicted molar refractivity (Wildman–Crippen MR) is 89.7 cm³/mol. The van der Waals surface area contributed by atoms with Crippen LogP contribution in [0.4, 0.5) is 0 Å². The van der Waals surface area contributed by atoms with Gasteiger partial charge in [0.1, 0.15) is 18.3 Å². The number of benzene rings is 1. The number of carbonyl (C=O) groups excluding carboxylic acids is 1. The van der Waals surface area contributed by atoms with Gasteiger partial charge in [0.15, 0.2) is 0 Å². The van der Waals surface area contributed by atoms with Gasteiger partial charge in [-0.25, -0.2) is 0 Å². The van der Waals surface area contributed by atoms with Gasteiger partial charge < -0.3 is 14.8 Å². The molecule has 4 heteroatoms. The average Bonchev–Trinajstić information content (AvgIpc) is 3.20. The smallest absolute Gasteiger partial charge is 0.231 e. The molecule has 1 fully saturated rings. The van der Waals surface area contributed by atoms with Crippen LogP contribution in [0, 0.1) is 5.41 Å². The molecule has 0 unspecified atom stereocenters. The van der Waals surface area contributed by atoms with Gasteiger partial charge in [-0.2, -0.15) is 0 Å². The van der Waals surface area contributed by atoms with E-state index in [0.29, 0.717) is 6.61 Å². The number of hydrogen-bond acceptors (Lipinski definition) is 3. The zero-order valence-electron chi connectivity index (χ0n) is 14.0. The SMILES string of the molecule is CCOCCC1(CNC(=O)[C@H]2COc3ccccc32)CCCC1. The van der Waals surface area contributed by atoms with E-state index in [0.717, 1.165) is 37.5 Å². The number of hydrogen-bond donors (Lipinski definition) is 1. The van der Waals surface area contributed by atoms with E-state index in [1.165, 1.54) is 25.7 Å². The Labute approximate surface area is 138 Å². The van der Waals surface area contributed by atoms with Crippen LogP contribution in [-0.2, 0) is 9.53 Å². The lowest BCUT2D eigenvalue weighted by Crippen LogP contribution is -2.39. The topological polar surface area (TPSA) is 47.6 Å². The van der Waals surface area contributed by atoms with E-state index in [9.17, 15) is 4.79 Å². The molecule has 0 saturated heterocycles. The summed E-state index contributed by atoms with van der Waals surface area (Å²) >= 11 is 0. The first-order valence-corrected chi connectivity index (χ1v) is 8.81. The van der Waals surface area contributed by atoms with Gasteiger partial charge in [-0.15, -0.1) is 0 Å². The highest BCUT2D eigenvalue weighted by molar-refractivity contribution is 5.85. The van der Waals surface area contributed by atoms with E-state index in [1.54, 1.807) is 0 Å². The summed E-state index contributed by atoms with van der Waals surface area (Å²) in [6, 6.07) is 7.84. The summed E-state index contributed by atoms with van der Waals surface area (Å²) in [4.78, 5) is 12.6. The third-order valence-electron chi connectivity index (χ3n) is 5.30. The minimum Gasteiger partial charge on any atom is -0.492 e. The normalized spacial score (nSPS) is 21.7. The first kappa shape index (κ1) is 16.3. The van der Waals surface area contributed by atoms with Crippen LogP contribution in [0.1, 0.15) is 50.5 Å². The molecule has 1 saturated carbocycles. The van der Waals surface area contributed by atoms with E-state index in [-0.39, 0.29) is 17.2 Å². The molecule has 3 rings (SSSR count). The highest BCUT2D eigenvalue weighted by Gasteiger charge is 2.36. The van der Waals surface area contributed by atoms with Crippen LogP contribution in [0.5, 0.6) is 5.75 Å². The molecule has 126 valence electrons. The zero-order valence-corrected chi connectivity index (χ0v) is 14.0. The van der Waals surface area contributed by atoms with Crippen molar-refractivity contribution in [2.24, 2.45) is 5.41 Å². The number of fused-ring (bicyclic) bond motifs is 1. The summed E-state index contributed by atoms with van der Waals surface area (Å²) in [7, 11) is 0. The Morgan fingerprint density at radius 2 is 2.13 bits per heavy atom. The molecule has 0 aromatic heterocycles. The fourth-order valence-corrected chi connectivity index (χ4v) is 3.85. The summed E-state index contributed by atoms with van der Waals surface area (Å²) < 4.78 is 11.2. The van der Waals surface area contributed by atoms with E-state index < -0.39 is 0 Å². The lowest BCUT2D eigenvalue weighted by atomic mass is 9.82. The largest absolute Gasteiger partial charge is 0.492 e. The third kappa shape index (κ3) is 3.69. The molecular formula is C19H27NO3. The number of para-hydroxylation sites is 1. The van der Waals surface area contributed by atoms with Crippen molar-refractivity contribution in [3.05, 3.63) is 29.8 Å². The van der Waals surface area contributed by atoms with Crippen LogP contribution in [0.25, 0.3) is 0 Å². The average molecular weight is 317 g/mol. The Hall–Kier alpha value is -1.55. The molecule has 1 aliphatic heterocycles. The molecule has 0 spiro atoms. The van der Waals surface area contributed by atoms with Gasteiger partial charge in [0.2, 0.25) is 5.91 Å². The molecule has 4 nitrogen and oxygen atoms in total. The van der Waals surface area contributed by atoms with Gasteiger partial charge in [-0.05, 0) is 37.7 Å². The van der Waals surface area contributed by atoms with Crippen LogP contribution >= 0.6 is 0 Å². The fourth-order valence-electron chi connectivity index (χ4n) is 3.85. The predicted octanol–water partition coefficient (Wildman–Crippen LogP) is 3.27. The fraction of sp³-hybridized carbons (Fsp3) is 0.632. The lowest BCUT2D eigenvalue weighted by Gasteiger charge is -2.29. The third-order valence-corrected chi connectivity index (χ3v) is 5.30. The Bertz CT molecular complexity index is 537. The van der Waals surface area contributed by atoms with Crippen molar-refractivity contribution in [1.82, 2.24) is 5.32 Å². The van der Waals surface area contributed by atoms with Crippen molar-refractivity contribution in [3.63, 3.8) is 0 Å². The Morgan fingerprint density at radius 3 is 2.91 bits per heavy atom. The first-order chi connectivity index (χ1) is 11.2. The maximum Gasteiger partial charge on any atom is 0.231 e. The van der Waals surface area contributed by atoms with Crippen molar-refractivity contribution >= 4 is 5.91 Å². The highest BCUT2D eigenvalue weighted by atomic mass is 16.5. The molecule has 1 heterocycles. The Kier molecular flexibility index (Phi) is 5.21. The van der Waals surface area contributed by atoms with Crippen LogP contribution in [0.3, 0.4) is 0 Å². The minimum atomic E-state index is -0.170. The van der Waals surface area contributed by atoms with Gasteiger partial charge in [0, 0.05) is 25.3 Å². The molecule has 1 atom stereocenters. The van der Waals surface area contributed by atoms with Crippen LogP contribution in [0.15, 0.2) is 24.3 Å². The zero-order chi connectivity index (χ0) is 16.1. The van der Waals surface area contributed by atoms with Crippen molar-refractivity contribution in [3.8, 4) is 5.75 Å². The van der Waals surface area contributed by atoms with Gasteiger partial charge in [0.05, 0.1) is 0 Å². The molecule has 0 radical (unpaired) electrons. The molecule has 1 amide bonds. The molecule has 0 bridgehead atoms. The standard InChI is InChI=1S/C19H27NO3/c1-2-22-12-11-19(9-5-6-10-19)14-20-18(21)16-13-23-17-8-4-3-7-15(16)17/h3-4,7-8,16H,2,5-6,9-14H2,1H3,(H,20,21)/t16-/m0/s1. The first-order valence-electron chi connectivity index (χ1n) is 8.81. The summed E-state index contributed by atoms with van der Waals surface area (Å²) in [5.74, 6) is 0.772. The van der Waals surface area contributed by atoms with Crippen LogP contribution < -0.4 is 10.1 Å². The van der Waals surface area contributed by atoms with Gasteiger partial charge >= 0.3 is 0 Å². The summed E-state index contributed by atoms with van der Waals surface area (Å²) in [6.07, 6.45) is 5.95. The Morgan fingerprint density at radius 1 is 1.35 bits per heavy atom. The molecule has 1 aliphatic carbocycles. The van der Waals surface area contributed by atoms with Gasteiger partial charge in [-0.1, -0.05) is 31.0 Å². The number of nitrogens with one attached hydrogen (secondary N) is 1. The molecule has 1 N–H and O–H groups in total. The van der Waals surface area contributed by atoms with Crippen molar-refractivity contribution in [2.45, 2.75) is 44.9 Å². The summed E-state index contributed by atoms with van der Waals surface area (Å²) in [5, 5.41) is 3.20. The van der Waals surface area contributed by atoms with E-state index in [1.807, 2.05) is 31.2 Å². The quantitative estimate of drug-likeness (QED) is 0.785. The molecule has 23 heavy (non-hydrogen) atoms. The number of rotatable bonds is 7. The monoisotopic (exact) mass is 317 g/mol. The number of ether oxygens (including phenoxy) is 2.